The van der Waals surface area contributed by atoms with Gasteiger partial charge < -0.3 is 14.7 Å². The van der Waals surface area contributed by atoms with E-state index < -0.39 is 10.0 Å². The predicted octanol–water partition coefficient (Wildman–Crippen LogP) is 1.80. The highest BCUT2D eigenvalue weighted by atomic mass is 32.2. The number of aromatic nitrogens is 1. The van der Waals surface area contributed by atoms with Gasteiger partial charge >= 0.3 is 0 Å². The van der Waals surface area contributed by atoms with Crippen molar-refractivity contribution in [3.05, 3.63) is 41.2 Å². The first-order valence-corrected chi connectivity index (χ1v) is 12.4. The number of piperazine rings is 1. The van der Waals surface area contributed by atoms with Crippen molar-refractivity contribution >= 4 is 39.4 Å². The summed E-state index contributed by atoms with van der Waals surface area (Å²) in [4.78, 5) is 26.3. The highest BCUT2D eigenvalue weighted by Crippen LogP contribution is 2.22. The summed E-state index contributed by atoms with van der Waals surface area (Å²) in [7, 11) is -3.60. The number of sulfonamides is 1. The summed E-state index contributed by atoms with van der Waals surface area (Å²) in [5, 5.41) is 6.29. The molecule has 1 N–H and O–H groups in total. The number of carbonyl (C=O) groups is 2. The fourth-order valence-corrected chi connectivity index (χ4v) is 5.68. The summed E-state index contributed by atoms with van der Waals surface area (Å²) in [5.41, 5.74) is 1.59. The van der Waals surface area contributed by atoms with Gasteiger partial charge in [-0.05, 0) is 38.0 Å². The molecule has 1 aromatic carbocycles. The number of carbonyl (C=O) groups excluding carboxylic acids is 2. The second-order valence-corrected chi connectivity index (χ2v) is 10.3. The summed E-state index contributed by atoms with van der Waals surface area (Å²) in [6.45, 7) is 6.52. The van der Waals surface area contributed by atoms with Crippen molar-refractivity contribution in [1.29, 1.82) is 0 Å². The largest absolute Gasteiger partial charge is 0.360 e. The van der Waals surface area contributed by atoms with E-state index in [2.05, 4.69) is 10.5 Å². The Morgan fingerprint density at radius 2 is 1.81 bits per heavy atom. The fraction of sp³-hybridized carbons (Fsp3) is 0.450. The predicted molar refractivity (Wildman–Crippen MR) is 118 cm³/mol. The summed E-state index contributed by atoms with van der Waals surface area (Å²) < 4.78 is 32.3. The smallest absolute Gasteiger partial charge is 0.243 e. The molecular weight excluding hydrogens is 440 g/mol. The van der Waals surface area contributed by atoms with Crippen LogP contribution in [0, 0.1) is 20.8 Å². The number of anilines is 1. The van der Waals surface area contributed by atoms with Crippen molar-refractivity contribution in [3.63, 3.8) is 0 Å². The molecule has 3 rings (SSSR count). The van der Waals surface area contributed by atoms with Gasteiger partial charge in [0.25, 0.3) is 0 Å². The Labute approximate surface area is 186 Å². The zero-order chi connectivity index (χ0) is 22.6. The third-order valence-corrected chi connectivity index (χ3v) is 7.86. The molecule has 0 saturated carbocycles. The Morgan fingerprint density at radius 3 is 2.45 bits per heavy atom. The molecule has 11 heteroatoms. The minimum atomic E-state index is -3.60. The first-order chi connectivity index (χ1) is 14.7. The molecule has 1 saturated heterocycles. The average molecular weight is 467 g/mol. The maximum atomic E-state index is 13.0. The highest BCUT2D eigenvalue weighted by molar-refractivity contribution is 8.00. The van der Waals surface area contributed by atoms with E-state index in [0.29, 0.717) is 35.1 Å². The standard InChI is InChI=1S/C20H26N4O5S2/c1-14-4-5-15(2)17(10-14)31(27,28)24-8-6-23(7-9-24)20(26)13-30-12-19(25)21-18-11-16(3)29-22-18/h4-5,10-11H,6-9,12-13H2,1-3H3,(H,21,22,25). The molecule has 0 bridgehead atoms. The summed E-state index contributed by atoms with van der Waals surface area (Å²) in [5.74, 6) is 0.815. The molecule has 1 fully saturated rings. The van der Waals surface area contributed by atoms with Crippen molar-refractivity contribution in [3.8, 4) is 0 Å². The molecule has 1 aromatic heterocycles. The number of amides is 2. The Morgan fingerprint density at radius 1 is 1.10 bits per heavy atom. The van der Waals surface area contributed by atoms with Gasteiger partial charge in [-0.1, -0.05) is 17.3 Å². The van der Waals surface area contributed by atoms with Gasteiger partial charge in [-0.2, -0.15) is 4.31 Å². The summed E-state index contributed by atoms with van der Waals surface area (Å²) in [6.07, 6.45) is 0. The Balaban J connectivity index is 1.46. The Bertz CT molecular complexity index is 1060. The van der Waals surface area contributed by atoms with Gasteiger partial charge in [-0.3, -0.25) is 9.59 Å². The van der Waals surface area contributed by atoms with Gasteiger partial charge in [-0.25, -0.2) is 8.42 Å². The molecule has 1 aliphatic heterocycles. The first kappa shape index (κ1) is 23.3. The molecule has 0 unspecified atom stereocenters. The molecule has 0 radical (unpaired) electrons. The monoisotopic (exact) mass is 466 g/mol. The van der Waals surface area contributed by atoms with Crippen molar-refractivity contribution in [2.45, 2.75) is 25.7 Å². The Hall–Kier alpha value is -2.37. The molecule has 9 nitrogen and oxygen atoms in total. The molecule has 31 heavy (non-hydrogen) atoms. The van der Waals surface area contributed by atoms with Crippen LogP contribution >= 0.6 is 11.8 Å². The number of aryl methyl sites for hydroxylation is 3. The van der Waals surface area contributed by atoms with E-state index >= 15 is 0 Å². The van der Waals surface area contributed by atoms with Crippen LogP contribution in [-0.4, -0.2) is 72.3 Å². The van der Waals surface area contributed by atoms with Crippen LogP contribution < -0.4 is 5.32 Å². The molecule has 2 amide bonds. The van der Waals surface area contributed by atoms with E-state index in [9.17, 15) is 18.0 Å². The molecule has 1 aliphatic rings. The zero-order valence-corrected chi connectivity index (χ0v) is 19.4. The second kappa shape index (κ2) is 9.84. The van der Waals surface area contributed by atoms with Gasteiger partial charge in [0.1, 0.15) is 5.76 Å². The maximum Gasteiger partial charge on any atom is 0.243 e. The molecule has 2 heterocycles. The molecule has 168 valence electrons. The van der Waals surface area contributed by atoms with E-state index in [1.165, 1.54) is 16.1 Å². The van der Waals surface area contributed by atoms with Crippen LogP contribution in [0.5, 0.6) is 0 Å². The van der Waals surface area contributed by atoms with Crippen LogP contribution in [0.4, 0.5) is 5.82 Å². The number of nitrogens with one attached hydrogen (secondary N) is 1. The van der Waals surface area contributed by atoms with E-state index in [1.54, 1.807) is 36.9 Å². The van der Waals surface area contributed by atoms with E-state index in [-0.39, 0.29) is 36.4 Å². The van der Waals surface area contributed by atoms with Gasteiger partial charge in [0.2, 0.25) is 21.8 Å². The lowest BCUT2D eigenvalue weighted by Gasteiger charge is -2.34. The number of benzene rings is 1. The van der Waals surface area contributed by atoms with E-state index in [0.717, 1.165) is 5.56 Å². The Kier molecular flexibility index (Phi) is 7.39. The number of hydrogen-bond acceptors (Lipinski definition) is 7. The van der Waals surface area contributed by atoms with Crippen molar-refractivity contribution < 1.29 is 22.5 Å². The third-order valence-electron chi connectivity index (χ3n) is 4.91. The first-order valence-electron chi connectivity index (χ1n) is 9.83. The van der Waals surface area contributed by atoms with Crippen LogP contribution in [-0.2, 0) is 19.6 Å². The van der Waals surface area contributed by atoms with Crippen molar-refractivity contribution in [1.82, 2.24) is 14.4 Å². The number of nitrogens with zero attached hydrogens (tertiary/aromatic N) is 3. The fourth-order valence-electron chi connectivity index (χ4n) is 3.23. The maximum absolute atomic E-state index is 13.0. The minimum absolute atomic E-state index is 0.110. The van der Waals surface area contributed by atoms with Crippen molar-refractivity contribution in [2.75, 3.05) is 43.0 Å². The van der Waals surface area contributed by atoms with E-state index in [1.807, 2.05) is 13.0 Å². The average Bonchev–Trinajstić information content (AvgIpc) is 3.14. The lowest BCUT2D eigenvalue weighted by Crippen LogP contribution is -2.51. The van der Waals surface area contributed by atoms with Crippen LogP contribution in [0.1, 0.15) is 16.9 Å². The molecule has 0 atom stereocenters. The molecule has 0 spiro atoms. The second-order valence-electron chi connectivity index (χ2n) is 7.42. The summed E-state index contributed by atoms with van der Waals surface area (Å²) >= 11 is 1.20. The quantitative estimate of drug-likeness (QED) is 0.662. The number of hydrogen-bond donors (Lipinski definition) is 1. The van der Waals surface area contributed by atoms with E-state index in [4.69, 9.17) is 4.52 Å². The number of rotatable bonds is 7. The van der Waals surface area contributed by atoms with Gasteiger partial charge in [0, 0.05) is 32.2 Å². The van der Waals surface area contributed by atoms with Crippen LogP contribution in [0.2, 0.25) is 0 Å². The topological polar surface area (TPSA) is 113 Å². The molecule has 2 aromatic rings. The molecule has 0 aliphatic carbocycles. The van der Waals surface area contributed by atoms with Crippen LogP contribution in [0.15, 0.2) is 33.7 Å². The molecular formula is C20H26N4O5S2. The van der Waals surface area contributed by atoms with Gasteiger partial charge in [-0.15, -0.1) is 11.8 Å². The van der Waals surface area contributed by atoms with Gasteiger partial charge in [0.15, 0.2) is 5.82 Å². The van der Waals surface area contributed by atoms with Gasteiger partial charge in [0.05, 0.1) is 16.4 Å². The lowest BCUT2D eigenvalue weighted by molar-refractivity contribution is -0.129. The minimum Gasteiger partial charge on any atom is -0.360 e. The van der Waals surface area contributed by atoms with Crippen molar-refractivity contribution in [2.24, 2.45) is 0 Å². The van der Waals surface area contributed by atoms with Crippen LogP contribution in [0.25, 0.3) is 0 Å². The lowest BCUT2D eigenvalue weighted by atomic mass is 10.2. The highest BCUT2D eigenvalue weighted by Gasteiger charge is 2.31. The summed E-state index contributed by atoms with van der Waals surface area (Å²) in [6, 6.07) is 6.98. The number of thioether (sulfide) groups is 1. The normalized spacial score (nSPS) is 15.1. The zero-order valence-electron chi connectivity index (χ0n) is 17.8. The third kappa shape index (κ3) is 5.86. The SMILES string of the molecule is Cc1ccc(C)c(S(=O)(=O)N2CCN(C(=O)CSCC(=O)Nc3cc(C)on3)CC2)c1. The van der Waals surface area contributed by atoms with Crippen LogP contribution in [0.3, 0.4) is 0 Å².